The molecule has 0 aromatic carbocycles. The summed E-state index contributed by atoms with van der Waals surface area (Å²) in [6.45, 7) is 3.17. The molecule has 4 atom stereocenters. The van der Waals surface area contributed by atoms with Crippen LogP contribution in [0.15, 0.2) is 0 Å². The standard InChI is InChI=1S/C15H26N4O2/c16-15(21)18-7-10-3-2-6-19(9-10)14(20)13-12-5-1-4-11(12)8-17-13/h10-13,17H,1-9H2,(H3,16,18,21). The average molecular weight is 294 g/mol. The third kappa shape index (κ3) is 3.15. The molecule has 0 bridgehead atoms. The van der Waals surface area contributed by atoms with Gasteiger partial charge in [-0.25, -0.2) is 4.79 Å². The fraction of sp³-hybridized carbons (Fsp3) is 0.867. The van der Waals surface area contributed by atoms with E-state index in [-0.39, 0.29) is 11.9 Å². The van der Waals surface area contributed by atoms with Crippen molar-refractivity contribution in [1.29, 1.82) is 0 Å². The smallest absolute Gasteiger partial charge is 0.312 e. The van der Waals surface area contributed by atoms with Crippen LogP contribution in [-0.2, 0) is 4.79 Å². The van der Waals surface area contributed by atoms with Crippen LogP contribution in [0.4, 0.5) is 4.79 Å². The van der Waals surface area contributed by atoms with Gasteiger partial charge in [-0.3, -0.25) is 4.79 Å². The Morgan fingerprint density at radius 2 is 2.10 bits per heavy atom. The van der Waals surface area contributed by atoms with Crippen molar-refractivity contribution in [3.63, 3.8) is 0 Å². The van der Waals surface area contributed by atoms with Crippen LogP contribution in [0.3, 0.4) is 0 Å². The Balaban J connectivity index is 1.55. The monoisotopic (exact) mass is 294 g/mol. The number of amides is 3. The van der Waals surface area contributed by atoms with Crippen LogP contribution in [0, 0.1) is 17.8 Å². The number of fused-ring (bicyclic) bond motifs is 1. The van der Waals surface area contributed by atoms with E-state index in [0.717, 1.165) is 32.5 Å². The number of carbonyl (C=O) groups is 2. The highest BCUT2D eigenvalue weighted by Gasteiger charge is 2.44. The first kappa shape index (κ1) is 14.6. The number of nitrogens with two attached hydrogens (primary N) is 1. The van der Waals surface area contributed by atoms with Gasteiger partial charge in [-0.15, -0.1) is 0 Å². The lowest BCUT2D eigenvalue weighted by atomic mass is 9.91. The summed E-state index contributed by atoms with van der Waals surface area (Å²) in [7, 11) is 0. The van der Waals surface area contributed by atoms with E-state index in [4.69, 9.17) is 5.73 Å². The quantitative estimate of drug-likeness (QED) is 0.699. The molecule has 2 aliphatic heterocycles. The first-order valence-corrected chi connectivity index (χ1v) is 8.20. The second-order valence-corrected chi connectivity index (χ2v) is 6.78. The average Bonchev–Trinajstić information content (AvgIpc) is 3.07. The maximum absolute atomic E-state index is 12.8. The van der Waals surface area contributed by atoms with Crippen LogP contribution in [0.1, 0.15) is 32.1 Å². The van der Waals surface area contributed by atoms with Gasteiger partial charge in [0, 0.05) is 19.6 Å². The van der Waals surface area contributed by atoms with Crippen molar-refractivity contribution in [2.24, 2.45) is 23.5 Å². The van der Waals surface area contributed by atoms with Gasteiger partial charge >= 0.3 is 6.03 Å². The molecule has 0 spiro atoms. The SMILES string of the molecule is NC(=O)NCC1CCCN(C(=O)C2NCC3CCCC32)C1. The van der Waals surface area contributed by atoms with Crippen LogP contribution < -0.4 is 16.4 Å². The normalized spacial score (nSPS) is 35.5. The molecular formula is C15H26N4O2. The Hall–Kier alpha value is -1.30. The maximum atomic E-state index is 12.8. The molecule has 3 amide bonds. The number of urea groups is 1. The van der Waals surface area contributed by atoms with Gasteiger partial charge in [0.15, 0.2) is 0 Å². The molecule has 3 aliphatic rings. The van der Waals surface area contributed by atoms with Gasteiger partial charge < -0.3 is 21.3 Å². The summed E-state index contributed by atoms with van der Waals surface area (Å²) < 4.78 is 0. The van der Waals surface area contributed by atoms with E-state index in [1.54, 1.807) is 0 Å². The lowest BCUT2D eigenvalue weighted by molar-refractivity contribution is -0.136. The van der Waals surface area contributed by atoms with E-state index >= 15 is 0 Å². The van der Waals surface area contributed by atoms with Crippen molar-refractivity contribution < 1.29 is 9.59 Å². The summed E-state index contributed by atoms with van der Waals surface area (Å²) in [6.07, 6.45) is 5.79. The van der Waals surface area contributed by atoms with Gasteiger partial charge in [0.2, 0.25) is 5.91 Å². The Labute approximate surface area is 125 Å². The van der Waals surface area contributed by atoms with E-state index in [2.05, 4.69) is 10.6 Å². The molecular weight excluding hydrogens is 268 g/mol. The molecule has 2 saturated heterocycles. The van der Waals surface area contributed by atoms with E-state index in [9.17, 15) is 9.59 Å². The Bertz CT molecular complexity index is 414. The van der Waals surface area contributed by atoms with Crippen molar-refractivity contribution in [3.05, 3.63) is 0 Å². The predicted molar refractivity (Wildman–Crippen MR) is 79.5 cm³/mol. The molecule has 6 heteroatoms. The number of primary amides is 1. The first-order valence-electron chi connectivity index (χ1n) is 8.20. The summed E-state index contributed by atoms with van der Waals surface area (Å²) in [4.78, 5) is 25.6. The maximum Gasteiger partial charge on any atom is 0.312 e. The van der Waals surface area contributed by atoms with Gasteiger partial charge in [0.25, 0.3) is 0 Å². The van der Waals surface area contributed by atoms with E-state index in [1.807, 2.05) is 4.90 Å². The van der Waals surface area contributed by atoms with E-state index < -0.39 is 6.03 Å². The molecule has 1 aliphatic carbocycles. The van der Waals surface area contributed by atoms with Crippen LogP contribution in [0.5, 0.6) is 0 Å². The summed E-state index contributed by atoms with van der Waals surface area (Å²) in [5, 5.41) is 6.11. The van der Waals surface area contributed by atoms with Gasteiger partial charge in [0.05, 0.1) is 6.04 Å². The topological polar surface area (TPSA) is 87.5 Å². The third-order valence-electron chi connectivity index (χ3n) is 5.41. The number of nitrogens with one attached hydrogen (secondary N) is 2. The lowest BCUT2D eigenvalue weighted by Gasteiger charge is -2.35. The molecule has 2 heterocycles. The van der Waals surface area contributed by atoms with Crippen LogP contribution in [0.2, 0.25) is 0 Å². The number of rotatable bonds is 3. The molecule has 0 radical (unpaired) electrons. The van der Waals surface area contributed by atoms with E-state index in [0.29, 0.717) is 24.3 Å². The summed E-state index contributed by atoms with van der Waals surface area (Å²) >= 11 is 0. The first-order chi connectivity index (χ1) is 10.1. The molecule has 4 N–H and O–H groups in total. The zero-order valence-electron chi connectivity index (χ0n) is 12.5. The van der Waals surface area contributed by atoms with Crippen molar-refractivity contribution in [2.75, 3.05) is 26.2 Å². The Morgan fingerprint density at radius 1 is 1.24 bits per heavy atom. The van der Waals surface area contributed by atoms with Crippen molar-refractivity contribution in [2.45, 2.75) is 38.1 Å². The number of nitrogens with zero attached hydrogens (tertiary/aromatic N) is 1. The molecule has 0 aromatic heterocycles. The molecule has 21 heavy (non-hydrogen) atoms. The molecule has 3 fully saturated rings. The highest BCUT2D eigenvalue weighted by atomic mass is 16.2. The highest BCUT2D eigenvalue weighted by Crippen LogP contribution is 2.38. The molecule has 3 rings (SSSR count). The fourth-order valence-corrected chi connectivity index (χ4v) is 4.33. The second kappa shape index (κ2) is 6.22. The number of hydrogen-bond donors (Lipinski definition) is 3. The number of carbonyl (C=O) groups excluding carboxylic acids is 2. The minimum Gasteiger partial charge on any atom is -0.352 e. The number of piperidine rings is 1. The van der Waals surface area contributed by atoms with Gasteiger partial charge in [-0.1, -0.05) is 6.42 Å². The largest absolute Gasteiger partial charge is 0.352 e. The van der Waals surface area contributed by atoms with Gasteiger partial charge in [-0.2, -0.15) is 0 Å². The zero-order valence-corrected chi connectivity index (χ0v) is 12.5. The van der Waals surface area contributed by atoms with Gasteiger partial charge in [0.1, 0.15) is 0 Å². The Kier molecular flexibility index (Phi) is 4.33. The summed E-state index contributed by atoms with van der Waals surface area (Å²) in [6, 6.07) is -0.454. The zero-order chi connectivity index (χ0) is 14.8. The lowest BCUT2D eigenvalue weighted by Crippen LogP contribution is -2.51. The second-order valence-electron chi connectivity index (χ2n) is 6.78. The fourth-order valence-electron chi connectivity index (χ4n) is 4.33. The minimum absolute atomic E-state index is 0.0281. The van der Waals surface area contributed by atoms with Crippen molar-refractivity contribution >= 4 is 11.9 Å². The van der Waals surface area contributed by atoms with Crippen LogP contribution in [0.25, 0.3) is 0 Å². The molecule has 6 nitrogen and oxygen atoms in total. The molecule has 0 aromatic rings. The van der Waals surface area contributed by atoms with E-state index in [1.165, 1.54) is 19.3 Å². The summed E-state index contributed by atoms with van der Waals surface area (Å²) in [5.41, 5.74) is 5.12. The number of hydrogen-bond acceptors (Lipinski definition) is 3. The Morgan fingerprint density at radius 3 is 2.90 bits per heavy atom. The van der Waals surface area contributed by atoms with Crippen molar-refractivity contribution in [3.8, 4) is 0 Å². The highest BCUT2D eigenvalue weighted by molar-refractivity contribution is 5.83. The number of likely N-dealkylation sites (tertiary alicyclic amines) is 1. The van der Waals surface area contributed by atoms with Crippen LogP contribution in [-0.4, -0.2) is 49.1 Å². The predicted octanol–water partition coefficient (Wildman–Crippen LogP) is 0.281. The third-order valence-corrected chi connectivity index (χ3v) is 5.41. The molecule has 118 valence electrons. The van der Waals surface area contributed by atoms with Gasteiger partial charge in [-0.05, 0) is 50.0 Å². The minimum atomic E-state index is -0.482. The van der Waals surface area contributed by atoms with Crippen molar-refractivity contribution in [1.82, 2.24) is 15.5 Å². The molecule has 4 unspecified atom stereocenters. The molecule has 1 saturated carbocycles. The summed E-state index contributed by atoms with van der Waals surface area (Å²) in [5.74, 6) is 1.85. The van der Waals surface area contributed by atoms with Crippen LogP contribution >= 0.6 is 0 Å².